The zero-order valence-electron chi connectivity index (χ0n) is 12.1. The number of rotatable bonds is 3. The fourth-order valence-corrected chi connectivity index (χ4v) is 2.83. The predicted octanol–water partition coefficient (Wildman–Crippen LogP) is 1.65. The van der Waals surface area contributed by atoms with Gasteiger partial charge in [0.05, 0.1) is 12.4 Å². The highest BCUT2D eigenvalue weighted by atomic mass is 32.2. The Kier molecular flexibility index (Phi) is 4.84. The van der Waals surface area contributed by atoms with Crippen LogP contribution in [0.4, 0.5) is 4.79 Å². The quantitative estimate of drug-likeness (QED) is 0.800. The van der Waals surface area contributed by atoms with Gasteiger partial charge in [-0.05, 0) is 39.5 Å². The lowest BCUT2D eigenvalue weighted by atomic mass is 10.1. The van der Waals surface area contributed by atoms with Gasteiger partial charge in [0.2, 0.25) is 0 Å². The third kappa shape index (κ3) is 6.24. The van der Waals surface area contributed by atoms with Gasteiger partial charge in [-0.25, -0.2) is 4.79 Å². The summed E-state index contributed by atoms with van der Waals surface area (Å²) in [4.78, 5) is 11.7. The van der Waals surface area contributed by atoms with Crippen LogP contribution in [0.1, 0.15) is 40.5 Å². The molecular weight excluding hydrogens is 270 g/mol. The zero-order chi connectivity index (χ0) is 14.8. The van der Waals surface area contributed by atoms with E-state index in [1.807, 2.05) is 6.92 Å². The summed E-state index contributed by atoms with van der Waals surface area (Å²) in [7, 11) is -3.46. The molecule has 1 fully saturated rings. The van der Waals surface area contributed by atoms with E-state index in [1.54, 1.807) is 20.8 Å². The van der Waals surface area contributed by atoms with Crippen molar-refractivity contribution in [3.05, 3.63) is 0 Å². The SMILES string of the molecule is C[C@H]1C[C@H](OS(C)(=O)=O)C[C@@H]1NC(=O)OC(C)(C)C. The highest BCUT2D eigenvalue weighted by molar-refractivity contribution is 7.86. The molecule has 1 amide bonds. The monoisotopic (exact) mass is 293 g/mol. The molecule has 0 aromatic carbocycles. The van der Waals surface area contributed by atoms with Gasteiger partial charge >= 0.3 is 6.09 Å². The Labute approximate surface area is 115 Å². The lowest BCUT2D eigenvalue weighted by Gasteiger charge is -2.23. The molecule has 1 N–H and O–H groups in total. The Morgan fingerprint density at radius 2 is 1.84 bits per heavy atom. The van der Waals surface area contributed by atoms with Crippen LogP contribution in [0.2, 0.25) is 0 Å². The Morgan fingerprint density at radius 3 is 2.32 bits per heavy atom. The number of hydrogen-bond donors (Lipinski definition) is 1. The second-order valence-electron chi connectivity index (χ2n) is 6.12. The first kappa shape index (κ1) is 16.2. The molecule has 0 aromatic heterocycles. The van der Waals surface area contributed by atoms with Crippen LogP contribution in [0.3, 0.4) is 0 Å². The molecule has 0 spiro atoms. The molecule has 112 valence electrons. The van der Waals surface area contributed by atoms with Crippen molar-refractivity contribution in [2.24, 2.45) is 5.92 Å². The van der Waals surface area contributed by atoms with E-state index in [2.05, 4.69) is 5.32 Å². The van der Waals surface area contributed by atoms with Crippen LogP contribution in [0.5, 0.6) is 0 Å². The fraction of sp³-hybridized carbons (Fsp3) is 0.917. The number of hydrogen-bond acceptors (Lipinski definition) is 5. The highest BCUT2D eigenvalue weighted by Gasteiger charge is 2.35. The summed E-state index contributed by atoms with van der Waals surface area (Å²) in [5, 5.41) is 2.76. The molecule has 19 heavy (non-hydrogen) atoms. The van der Waals surface area contributed by atoms with Gasteiger partial charge in [0.1, 0.15) is 5.60 Å². The van der Waals surface area contributed by atoms with Crippen LogP contribution >= 0.6 is 0 Å². The molecule has 1 aliphatic rings. The minimum atomic E-state index is -3.46. The van der Waals surface area contributed by atoms with E-state index in [0.29, 0.717) is 12.8 Å². The first-order chi connectivity index (χ1) is 8.46. The average Bonchev–Trinajstić information content (AvgIpc) is 2.39. The molecule has 7 heteroatoms. The molecule has 1 saturated carbocycles. The van der Waals surface area contributed by atoms with Crippen molar-refractivity contribution in [1.82, 2.24) is 5.32 Å². The lowest BCUT2D eigenvalue weighted by molar-refractivity contribution is 0.0493. The van der Waals surface area contributed by atoms with Crippen molar-refractivity contribution >= 4 is 16.2 Å². The molecule has 0 saturated heterocycles. The summed E-state index contributed by atoms with van der Waals surface area (Å²) in [5.41, 5.74) is -0.547. The van der Waals surface area contributed by atoms with Crippen molar-refractivity contribution < 1.29 is 22.1 Å². The van der Waals surface area contributed by atoms with Crippen LogP contribution in [0, 0.1) is 5.92 Å². The van der Waals surface area contributed by atoms with Gasteiger partial charge in [-0.1, -0.05) is 6.92 Å². The number of carbonyl (C=O) groups excluding carboxylic acids is 1. The molecule has 0 bridgehead atoms. The van der Waals surface area contributed by atoms with E-state index in [0.717, 1.165) is 6.26 Å². The third-order valence-electron chi connectivity index (χ3n) is 2.85. The Bertz CT molecular complexity index is 426. The molecule has 1 aliphatic carbocycles. The normalized spacial score (nSPS) is 28.2. The van der Waals surface area contributed by atoms with Crippen molar-refractivity contribution in [3.63, 3.8) is 0 Å². The van der Waals surface area contributed by atoms with Crippen molar-refractivity contribution in [2.45, 2.75) is 58.3 Å². The van der Waals surface area contributed by atoms with E-state index in [9.17, 15) is 13.2 Å². The van der Waals surface area contributed by atoms with Gasteiger partial charge in [-0.3, -0.25) is 4.18 Å². The molecule has 1 rings (SSSR count). The van der Waals surface area contributed by atoms with E-state index in [4.69, 9.17) is 8.92 Å². The third-order valence-corrected chi connectivity index (χ3v) is 3.47. The van der Waals surface area contributed by atoms with Crippen LogP contribution in [0.25, 0.3) is 0 Å². The largest absolute Gasteiger partial charge is 0.444 e. The number of ether oxygens (including phenoxy) is 1. The zero-order valence-corrected chi connectivity index (χ0v) is 12.9. The molecule has 0 unspecified atom stereocenters. The maximum atomic E-state index is 11.7. The number of alkyl carbamates (subject to hydrolysis) is 1. The second-order valence-corrected chi connectivity index (χ2v) is 7.72. The minimum absolute atomic E-state index is 0.124. The molecular formula is C12H23NO5S. The van der Waals surface area contributed by atoms with Gasteiger partial charge in [0, 0.05) is 6.04 Å². The van der Waals surface area contributed by atoms with E-state index < -0.39 is 21.8 Å². The maximum Gasteiger partial charge on any atom is 0.407 e. The van der Waals surface area contributed by atoms with Gasteiger partial charge in [-0.15, -0.1) is 0 Å². The standard InChI is InChI=1S/C12H23NO5S/c1-8-6-9(18-19(5,15)16)7-10(8)13-11(14)17-12(2,3)4/h8-10H,6-7H2,1-5H3,(H,13,14)/t8-,9-,10-/m0/s1. The smallest absolute Gasteiger partial charge is 0.407 e. The average molecular weight is 293 g/mol. The topological polar surface area (TPSA) is 81.7 Å². The van der Waals surface area contributed by atoms with Crippen LogP contribution in [0.15, 0.2) is 0 Å². The minimum Gasteiger partial charge on any atom is -0.444 e. The molecule has 0 aliphatic heterocycles. The Balaban J connectivity index is 2.50. The summed E-state index contributed by atoms with van der Waals surface area (Å²) in [6.45, 7) is 7.33. The molecule has 6 nitrogen and oxygen atoms in total. The predicted molar refractivity (Wildman–Crippen MR) is 71.3 cm³/mol. The van der Waals surface area contributed by atoms with E-state index >= 15 is 0 Å². The molecule has 0 heterocycles. The van der Waals surface area contributed by atoms with Gasteiger partial charge in [0.15, 0.2) is 0 Å². The highest BCUT2D eigenvalue weighted by Crippen LogP contribution is 2.29. The summed E-state index contributed by atoms with van der Waals surface area (Å²) < 4.78 is 32.3. The van der Waals surface area contributed by atoms with E-state index in [-0.39, 0.29) is 18.1 Å². The van der Waals surface area contributed by atoms with Crippen LogP contribution < -0.4 is 5.32 Å². The maximum absolute atomic E-state index is 11.7. The van der Waals surface area contributed by atoms with Crippen LogP contribution in [-0.4, -0.2) is 38.5 Å². The van der Waals surface area contributed by atoms with Crippen molar-refractivity contribution in [1.29, 1.82) is 0 Å². The van der Waals surface area contributed by atoms with Gasteiger partial charge < -0.3 is 10.1 Å². The Hall–Kier alpha value is -0.820. The Morgan fingerprint density at radius 1 is 1.26 bits per heavy atom. The molecule has 3 atom stereocenters. The molecule has 0 radical (unpaired) electrons. The summed E-state index contributed by atoms with van der Waals surface area (Å²) in [5.74, 6) is 0.152. The lowest BCUT2D eigenvalue weighted by Crippen LogP contribution is -2.40. The summed E-state index contributed by atoms with van der Waals surface area (Å²) in [6, 6.07) is -0.124. The first-order valence-corrected chi connectivity index (χ1v) is 8.16. The van der Waals surface area contributed by atoms with Gasteiger partial charge in [0.25, 0.3) is 10.1 Å². The number of nitrogens with one attached hydrogen (secondary N) is 1. The van der Waals surface area contributed by atoms with Crippen molar-refractivity contribution in [3.8, 4) is 0 Å². The van der Waals surface area contributed by atoms with Crippen LogP contribution in [-0.2, 0) is 19.0 Å². The summed E-state index contributed by atoms with van der Waals surface area (Å²) >= 11 is 0. The van der Waals surface area contributed by atoms with Gasteiger partial charge in [-0.2, -0.15) is 8.42 Å². The number of amides is 1. The number of carbonyl (C=O) groups is 1. The van der Waals surface area contributed by atoms with Crippen molar-refractivity contribution in [2.75, 3.05) is 6.26 Å². The first-order valence-electron chi connectivity index (χ1n) is 6.34. The second kappa shape index (κ2) is 5.66. The fourth-order valence-electron chi connectivity index (χ4n) is 2.18. The molecule has 0 aromatic rings. The van der Waals surface area contributed by atoms with E-state index in [1.165, 1.54) is 0 Å². The summed E-state index contributed by atoms with van der Waals surface area (Å²) in [6.07, 6.45) is 1.27.